The molecule has 0 bridgehead atoms. The van der Waals surface area contributed by atoms with Crippen molar-refractivity contribution in [2.45, 2.75) is 6.54 Å². The van der Waals surface area contributed by atoms with Crippen molar-refractivity contribution >= 4 is 11.9 Å². The molecule has 0 unspecified atom stereocenters. The third-order valence-electron chi connectivity index (χ3n) is 3.24. The number of halogens is 1. The molecule has 0 saturated carbocycles. The summed E-state index contributed by atoms with van der Waals surface area (Å²) in [6.45, 7) is 0.258. The van der Waals surface area contributed by atoms with Crippen LogP contribution >= 0.6 is 0 Å². The normalized spacial score (nSPS) is 10.0. The minimum atomic E-state index is -0.595. The Kier molecular flexibility index (Phi) is 5.30. The molecular weight excluding hydrogens is 301 g/mol. The van der Waals surface area contributed by atoms with Crippen LogP contribution in [0.3, 0.4) is 0 Å². The monoisotopic (exact) mass is 317 g/mol. The highest BCUT2D eigenvalue weighted by molar-refractivity contribution is 5.94. The van der Waals surface area contributed by atoms with Gasteiger partial charge in [-0.1, -0.05) is 12.1 Å². The Balaban J connectivity index is 1.99. The Labute approximate surface area is 133 Å². The van der Waals surface area contributed by atoms with E-state index in [4.69, 9.17) is 4.74 Å². The number of hydrogen-bond donors (Lipinski definition) is 1. The van der Waals surface area contributed by atoms with Gasteiger partial charge in [-0.2, -0.15) is 0 Å². The Morgan fingerprint density at radius 3 is 2.26 bits per heavy atom. The number of ether oxygens (including phenoxy) is 2. The third kappa shape index (κ3) is 4.06. The quantitative estimate of drug-likeness (QED) is 0.861. The van der Waals surface area contributed by atoms with Crippen LogP contribution in [0.4, 0.5) is 4.39 Å². The molecule has 2 rings (SSSR count). The van der Waals surface area contributed by atoms with Gasteiger partial charge in [0.05, 0.1) is 19.8 Å². The van der Waals surface area contributed by atoms with Gasteiger partial charge in [0.25, 0.3) is 5.91 Å². The molecule has 0 atom stereocenters. The standard InChI is InChI=1S/C17H16FNO4/c1-22-15-8-7-13(9-14(15)18)16(20)19-10-11-3-5-12(6-4-11)17(21)23-2/h3-9H,10H2,1-2H3,(H,19,20). The second kappa shape index (κ2) is 7.40. The fourth-order valence-electron chi connectivity index (χ4n) is 1.97. The molecule has 0 fully saturated rings. The Bertz CT molecular complexity index is 713. The molecule has 0 aliphatic heterocycles. The molecule has 0 aliphatic rings. The van der Waals surface area contributed by atoms with Crippen LogP contribution in [0, 0.1) is 5.82 Å². The first kappa shape index (κ1) is 16.5. The first-order valence-corrected chi connectivity index (χ1v) is 6.84. The van der Waals surface area contributed by atoms with Gasteiger partial charge in [-0.25, -0.2) is 9.18 Å². The number of esters is 1. The molecule has 0 aromatic heterocycles. The average molecular weight is 317 g/mol. The second-order valence-electron chi connectivity index (χ2n) is 4.72. The number of nitrogens with one attached hydrogen (secondary N) is 1. The molecule has 0 aliphatic carbocycles. The van der Waals surface area contributed by atoms with Crippen molar-refractivity contribution in [3.05, 3.63) is 65.0 Å². The molecule has 0 heterocycles. The molecule has 5 nitrogen and oxygen atoms in total. The number of amides is 1. The number of rotatable bonds is 5. The van der Waals surface area contributed by atoms with Crippen LogP contribution in [0.25, 0.3) is 0 Å². The van der Waals surface area contributed by atoms with E-state index in [0.717, 1.165) is 11.6 Å². The summed E-state index contributed by atoms with van der Waals surface area (Å²) in [5.41, 5.74) is 1.44. The SMILES string of the molecule is COC(=O)c1ccc(CNC(=O)c2ccc(OC)c(F)c2)cc1. The van der Waals surface area contributed by atoms with E-state index in [1.807, 2.05) is 0 Å². The minimum Gasteiger partial charge on any atom is -0.494 e. The maximum Gasteiger partial charge on any atom is 0.337 e. The van der Waals surface area contributed by atoms with Crippen molar-refractivity contribution in [1.82, 2.24) is 5.32 Å². The highest BCUT2D eigenvalue weighted by atomic mass is 19.1. The summed E-state index contributed by atoms with van der Waals surface area (Å²) in [7, 11) is 2.67. The summed E-state index contributed by atoms with van der Waals surface area (Å²) >= 11 is 0. The van der Waals surface area contributed by atoms with Gasteiger partial charge in [0.2, 0.25) is 0 Å². The highest BCUT2D eigenvalue weighted by Crippen LogP contribution is 2.17. The molecule has 0 radical (unpaired) electrons. The van der Waals surface area contributed by atoms with Crippen LogP contribution in [0.2, 0.25) is 0 Å². The Morgan fingerprint density at radius 1 is 1.04 bits per heavy atom. The highest BCUT2D eigenvalue weighted by Gasteiger charge is 2.10. The Morgan fingerprint density at radius 2 is 1.70 bits per heavy atom. The first-order chi connectivity index (χ1) is 11.0. The molecule has 6 heteroatoms. The van der Waals surface area contributed by atoms with Crippen molar-refractivity contribution in [3.63, 3.8) is 0 Å². The summed E-state index contributed by atoms with van der Waals surface area (Å²) in [6.07, 6.45) is 0. The van der Waals surface area contributed by atoms with E-state index in [2.05, 4.69) is 10.1 Å². The van der Waals surface area contributed by atoms with Crippen molar-refractivity contribution in [3.8, 4) is 5.75 Å². The fraction of sp³-hybridized carbons (Fsp3) is 0.176. The predicted octanol–water partition coefficient (Wildman–Crippen LogP) is 2.55. The lowest BCUT2D eigenvalue weighted by atomic mass is 10.1. The summed E-state index contributed by atoms with van der Waals surface area (Å²) in [5.74, 6) is -1.33. The van der Waals surface area contributed by atoms with Crippen molar-refractivity contribution < 1.29 is 23.5 Å². The first-order valence-electron chi connectivity index (χ1n) is 6.84. The predicted molar refractivity (Wildman–Crippen MR) is 81.9 cm³/mol. The van der Waals surface area contributed by atoms with Crippen LogP contribution in [0.15, 0.2) is 42.5 Å². The van der Waals surface area contributed by atoms with E-state index < -0.39 is 17.7 Å². The molecule has 1 amide bonds. The molecule has 1 N–H and O–H groups in total. The zero-order chi connectivity index (χ0) is 16.8. The third-order valence-corrected chi connectivity index (χ3v) is 3.24. The lowest BCUT2D eigenvalue weighted by Crippen LogP contribution is -2.23. The maximum absolute atomic E-state index is 13.6. The summed E-state index contributed by atoms with van der Waals surface area (Å²) < 4.78 is 23.0. The van der Waals surface area contributed by atoms with Gasteiger partial charge in [-0.3, -0.25) is 4.79 Å². The smallest absolute Gasteiger partial charge is 0.337 e. The molecule has 2 aromatic carbocycles. The van der Waals surface area contributed by atoms with E-state index in [1.165, 1.54) is 26.4 Å². The Hall–Kier alpha value is -2.89. The molecular formula is C17H16FNO4. The van der Waals surface area contributed by atoms with Gasteiger partial charge in [0.1, 0.15) is 0 Å². The molecule has 0 saturated heterocycles. The zero-order valence-electron chi connectivity index (χ0n) is 12.8. The van der Waals surface area contributed by atoms with Crippen molar-refractivity contribution in [2.75, 3.05) is 14.2 Å². The van der Waals surface area contributed by atoms with E-state index >= 15 is 0 Å². The maximum atomic E-state index is 13.6. The molecule has 120 valence electrons. The number of carbonyl (C=O) groups is 2. The van der Waals surface area contributed by atoms with Crippen molar-refractivity contribution in [1.29, 1.82) is 0 Å². The van der Waals surface area contributed by atoms with E-state index in [9.17, 15) is 14.0 Å². The van der Waals surface area contributed by atoms with Gasteiger partial charge < -0.3 is 14.8 Å². The molecule has 23 heavy (non-hydrogen) atoms. The van der Waals surface area contributed by atoms with Gasteiger partial charge in [-0.05, 0) is 35.9 Å². The lowest BCUT2D eigenvalue weighted by Gasteiger charge is -2.08. The fourth-order valence-corrected chi connectivity index (χ4v) is 1.97. The summed E-state index contributed by atoms with van der Waals surface area (Å²) in [6, 6.07) is 10.6. The second-order valence-corrected chi connectivity index (χ2v) is 4.72. The van der Waals surface area contributed by atoms with Crippen LogP contribution in [0.5, 0.6) is 5.75 Å². The number of methoxy groups -OCH3 is 2. The number of carbonyl (C=O) groups excluding carboxylic acids is 2. The topological polar surface area (TPSA) is 64.6 Å². The summed E-state index contributed by atoms with van der Waals surface area (Å²) in [4.78, 5) is 23.3. The van der Waals surface area contributed by atoms with Crippen LogP contribution < -0.4 is 10.1 Å². The lowest BCUT2D eigenvalue weighted by molar-refractivity contribution is 0.0600. The van der Waals surface area contributed by atoms with Gasteiger partial charge in [0, 0.05) is 12.1 Å². The van der Waals surface area contributed by atoms with Crippen molar-refractivity contribution in [2.24, 2.45) is 0 Å². The van der Waals surface area contributed by atoms with Gasteiger partial charge >= 0.3 is 5.97 Å². The van der Waals surface area contributed by atoms with Crippen LogP contribution in [0.1, 0.15) is 26.3 Å². The molecule has 2 aromatic rings. The molecule has 0 spiro atoms. The minimum absolute atomic E-state index is 0.0833. The van der Waals surface area contributed by atoms with Gasteiger partial charge in [-0.15, -0.1) is 0 Å². The summed E-state index contributed by atoms with van der Waals surface area (Å²) in [5, 5.41) is 2.68. The average Bonchev–Trinajstić information content (AvgIpc) is 2.59. The van der Waals surface area contributed by atoms with Gasteiger partial charge in [0.15, 0.2) is 11.6 Å². The zero-order valence-corrected chi connectivity index (χ0v) is 12.8. The van der Waals surface area contributed by atoms with E-state index in [1.54, 1.807) is 24.3 Å². The van der Waals surface area contributed by atoms with Crippen LogP contribution in [-0.2, 0) is 11.3 Å². The number of hydrogen-bond acceptors (Lipinski definition) is 4. The number of benzene rings is 2. The van der Waals surface area contributed by atoms with E-state index in [-0.39, 0.29) is 17.9 Å². The largest absolute Gasteiger partial charge is 0.494 e. The van der Waals surface area contributed by atoms with Crippen LogP contribution in [-0.4, -0.2) is 26.1 Å². The van der Waals surface area contributed by atoms with E-state index in [0.29, 0.717) is 5.56 Å².